The Kier molecular flexibility index (Phi) is 6.92. The second kappa shape index (κ2) is 10.5. The average Bonchev–Trinajstić information content (AvgIpc) is 3.72. The molecule has 6 rings (SSSR count). The molecule has 0 aliphatic heterocycles. The van der Waals surface area contributed by atoms with Gasteiger partial charge in [0, 0.05) is 23.1 Å². The van der Waals surface area contributed by atoms with Crippen LogP contribution in [0.15, 0.2) is 34.2 Å². The summed E-state index contributed by atoms with van der Waals surface area (Å²) in [6, 6.07) is 4.01. The van der Waals surface area contributed by atoms with Crippen LogP contribution in [0.25, 0.3) is 22.6 Å². The van der Waals surface area contributed by atoms with Crippen molar-refractivity contribution in [3.8, 4) is 11.4 Å². The number of fused-ring (bicyclic) bond motifs is 1. The van der Waals surface area contributed by atoms with Gasteiger partial charge in [-0.3, -0.25) is 14.3 Å². The van der Waals surface area contributed by atoms with E-state index in [0.717, 1.165) is 59.0 Å². The lowest BCUT2D eigenvalue weighted by Crippen LogP contribution is -2.33. The maximum atomic E-state index is 13.9. The molecule has 2 fully saturated rings. The molecule has 2 aliphatic carbocycles. The number of aromatic nitrogens is 7. The number of nitrogen functional groups attached to an aromatic ring is 1. The van der Waals surface area contributed by atoms with Crippen LogP contribution < -0.4 is 16.6 Å². The van der Waals surface area contributed by atoms with Gasteiger partial charge in [-0.05, 0) is 63.3 Å². The molecular weight excluding hydrogens is 510 g/mol. The molecule has 2 saturated carbocycles. The van der Waals surface area contributed by atoms with Gasteiger partial charge in [-0.25, -0.2) is 24.9 Å². The molecule has 0 saturated heterocycles. The van der Waals surface area contributed by atoms with Crippen molar-refractivity contribution in [3.63, 3.8) is 0 Å². The van der Waals surface area contributed by atoms with Gasteiger partial charge in [-0.15, -0.1) is 11.8 Å². The van der Waals surface area contributed by atoms with Crippen LogP contribution in [0.3, 0.4) is 0 Å². The van der Waals surface area contributed by atoms with Crippen LogP contribution in [0, 0.1) is 12.8 Å². The maximum absolute atomic E-state index is 13.9. The van der Waals surface area contributed by atoms with Crippen molar-refractivity contribution in [2.45, 2.75) is 76.3 Å². The van der Waals surface area contributed by atoms with E-state index < -0.39 is 0 Å². The number of anilines is 2. The minimum Gasteiger partial charge on any atom is -0.368 e. The molecule has 202 valence electrons. The van der Waals surface area contributed by atoms with Crippen molar-refractivity contribution >= 4 is 34.7 Å². The summed E-state index contributed by atoms with van der Waals surface area (Å²) in [5.41, 5.74) is 10.2. The molecular formula is C28H33N9OS. The largest absolute Gasteiger partial charge is 0.368 e. The Morgan fingerprint density at radius 2 is 1.92 bits per heavy atom. The van der Waals surface area contributed by atoms with Crippen LogP contribution in [0.1, 0.15) is 75.0 Å². The molecule has 2 aliphatic rings. The summed E-state index contributed by atoms with van der Waals surface area (Å²) in [7, 11) is 0. The van der Waals surface area contributed by atoms with Crippen molar-refractivity contribution in [2.24, 2.45) is 5.92 Å². The fraction of sp³-hybridized carbons (Fsp3) is 0.464. The summed E-state index contributed by atoms with van der Waals surface area (Å²) >= 11 is 1.75. The number of thioether (sulfide) groups is 1. The Bertz CT molecular complexity index is 1580. The van der Waals surface area contributed by atoms with Gasteiger partial charge in [0.25, 0.3) is 5.56 Å². The van der Waals surface area contributed by atoms with Gasteiger partial charge in [0.1, 0.15) is 5.52 Å². The highest BCUT2D eigenvalue weighted by Gasteiger charge is 2.32. The number of rotatable bonds is 9. The number of hydrogen-bond acceptors (Lipinski definition) is 10. The van der Waals surface area contributed by atoms with E-state index in [1.54, 1.807) is 22.5 Å². The van der Waals surface area contributed by atoms with Gasteiger partial charge in [0.15, 0.2) is 17.3 Å². The molecule has 10 nitrogen and oxygen atoms in total. The first-order chi connectivity index (χ1) is 18.9. The summed E-state index contributed by atoms with van der Waals surface area (Å²) in [4.78, 5) is 42.8. The van der Waals surface area contributed by atoms with E-state index in [-0.39, 0.29) is 23.4 Å². The Hall–Kier alpha value is -3.60. The first-order valence-corrected chi connectivity index (χ1v) is 14.7. The van der Waals surface area contributed by atoms with E-state index >= 15 is 0 Å². The summed E-state index contributed by atoms with van der Waals surface area (Å²) in [6.45, 7) is 6.53. The first kappa shape index (κ1) is 25.7. The minimum absolute atomic E-state index is 0.0183. The van der Waals surface area contributed by atoms with Crippen molar-refractivity contribution in [1.82, 2.24) is 34.5 Å². The lowest BCUT2D eigenvalue weighted by atomic mass is 9.80. The van der Waals surface area contributed by atoms with Crippen LogP contribution >= 0.6 is 11.8 Å². The molecule has 4 aromatic rings. The molecule has 11 heteroatoms. The number of nitrogens with one attached hydrogen (secondary N) is 1. The lowest BCUT2D eigenvalue weighted by molar-refractivity contribution is 0.222. The van der Waals surface area contributed by atoms with Crippen LogP contribution in [0.5, 0.6) is 0 Å². The number of pyridine rings is 1. The highest BCUT2D eigenvalue weighted by Crippen LogP contribution is 2.44. The number of aryl methyl sites for hydroxylation is 1. The SMILES string of the molecule is CCSc1ccc(CNc2nc3cnc(-c4c(C)nc(N)nc4C4CC4)nc3n([C@H](C)C3CCC3)c2=O)nc1. The Morgan fingerprint density at radius 3 is 2.59 bits per heavy atom. The third kappa shape index (κ3) is 5.07. The molecule has 3 N–H and O–H groups in total. The molecule has 4 heterocycles. The second-order valence-electron chi connectivity index (χ2n) is 10.4. The molecule has 0 radical (unpaired) electrons. The quantitative estimate of drug-likeness (QED) is 0.281. The molecule has 1 atom stereocenters. The Labute approximate surface area is 231 Å². The monoisotopic (exact) mass is 543 g/mol. The molecule has 0 amide bonds. The standard InChI is InChI=1S/C28H33N9OS/c1-4-39-20-11-10-19(30-13-20)12-31-25-27(38)37(16(3)17-6-5-7-17)26-21(34-25)14-32-24(36-26)22-15(2)33-28(29)35-23(22)18-8-9-18/h10-11,13-14,16-18H,4-9,12H2,1-3H3,(H,31,34)(H2,29,33,35)/t16-/m1/s1. The predicted molar refractivity (Wildman–Crippen MR) is 154 cm³/mol. The molecule has 0 unspecified atom stereocenters. The summed E-state index contributed by atoms with van der Waals surface area (Å²) in [5.74, 6) is 2.81. The van der Waals surface area contributed by atoms with E-state index in [1.807, 2.05) is 19.2 Å². The molecule has 0 spiro atoms. The normalized spacial score (nSPS) is 16.3. The van der Waals surface area contributed by atoms with Crippen LogP contribution in [-0.4, -0.2) is 40.2 Å². The minimum atomic E-state index is -0.183. The van der Waals surface area contributed by atoms with E-state index in [2.05, 4.69) is 50.2 Å². The Morgan fingerprint density at radius 1 is 1.10 bits per heavy atom. The van der Waals surface area contributed by atoms with Gasteiger partial charge in [0.05, 0.1) is 35.4 Å². The fourth-order valence-corrected chi connectivity index (χ4v) is 5.86. The summed E-state index contributed by atoms with van der Waals surface area (Å²) in [5, 5.41) is 3.23. The zero-order valence-electron chi connectivity index (χ0n) is 22.5. The van der Waals surface area contributed by atoms with Crippen molar-refractivity contribution in [1.29, 1.82) is 0 Å². The highest BCUT2D eigenvalue weighted by atomic mass is 32.2. The van der Waals surface area contributed by atoms with Crippen molar-refractivity contribution < 1.29 is 0 Å². The third-order valence-electron chi connectivity index (χ3n) is 7.74. The zero-order valence-corrected chi connectivity index (χ0v) is 23.3. The van der Waals surface area contributed by atoms with Gasteiger partial charge in [-0.1, -0.05) is 13.3 Å². The predicted octanol–water partition coefficient (Wildman–Crippen LogP) is 4.89. The number of hydrogen-bond donors (Lipinski definition) is 2. The van der Waals surface area contributed by atoms with Gasteiger partial charge < -0.3 is 11.1 Å². The van der Waals surface area contributed by atoms with Crippen LogP contribution in [-0.2, 0) is 6.54 Å². The second-order valence-corrected chi connectivity index (χ2v) is 11.8. The van der Waals surface area contributed by atoms with E-state index in [0.29, 0.717) is 35.4 Å². The van der Waals surface area contributed by atoms with Gasteiger partial charge >= 0.3 is 0 Å². The lowest BCUT2D eigenvalue weighted by Gasteiger charge is -2.33. The number of nitrogens with two attached hydrogens (primary N) is 1. The van der Waals surface area contributed by atoms with Crippen LogP contribution in [0.2, 0.25) is 0 Å². The van der Waals surface area contributed by atoms with E-state index in [4.69, 9.17) is 10.7 Å². The third-order valence-corrected chi connectivity index (χ3v) is 8.60. The molecule has 4 aromatic heterocycles. The van der Waals surface area contributed by atoms with E-state index in [9.17, 15) is 4.79 Å². The zero-order chi connectivity index (χ0) is 27.1. The highest BCUT2D eigenvalue weighted by molar-refractivity contribution is 7.99. The first-order valence-electron chi connectivity index (χ1n) is 13.7. The summed E-state index contributed by atoms with van der Waals surface area (Å²) < 4.78 is 1.80. The van der Waals surface area contributed by atoms with Crippen molar-refractivity contribution in [2.75, 3.05) is 16.8 Å². The van der Waals surface area contributed by atoms with Gasteiger partial charge in [0.2, 0.25) is 5.95 Å². The molecule has 0 bridgehead atoms. The number of nitrogens with zero attached hydrogens (tertiary/aromatic N) is 7. The molecule has 0 aromatic carbocycles. The molecule has 39 heavy (non-hydrogen) atoms. The maximum Gasteiger partial charge on any atom is 0.295 e. The van der Waals surface area contributed by atoms with Gasteiger partial charge in [-0.2, -0.15) is 0 Å². The Balaban J connectivity index is 1.41. The smallest absolute Gasteiger partial charge is 0.295 e. The fourth-order valence-electron chi connectivity index (χ4n) is 5.24. The summed E-state index contributed by atoms with van der Waals surface area (Å²) in [6.07, 6.45) is 9.07. The average molecular weight is 544 g/mol. The van der Waals surface area contributed by atoms with E-state index in [1.165, 1.54) is 6.42 Å². The van der Waals surface area contributed by atoms with Crippen LogP contribution in [0.4, 0.5) is 11.8 Å². The van der Waals surface area contributed by atoms with Crippen molar-refractivity contribution in [3.05, 3.63) is 52.0 Å². The topological polar surface area (TPSA) is 137 Å².